The van der Waals surface area contributed by atoms with Gasteiger partial charge in [0.05, 0.1) is 13.2 Å². The van der Waals surface area contributed by atoms with Crippen molar-refractivity contribution in [1.29, 1.82) is 0 Å². The zero-order chi connectivity index (χ0) is 15.3. The van der Waals surface area contributed by atoms with Crippen LogP contribution in [0.15, 0.2) is 24.3 Å². The smallest absolute Gasteiger partial charge is 0.0589 e. The number of benzene rings is 1. The fraction of sp³-hybridized carbons (Fsp3) is 0.529. The van der Waals surface area contributed by atoms with E-state index in [1.54, 1.807) is 14.2 Å². The molecule has 2 N–H and O–H groups in total. The summed E-state index contributed by atoms with van der Waals surface area (Å²) in [5.41, 5.74) is 7.68. The number of nitrogens with two attached hydrogens (primary N) is 1. The molecule has 21 heavy (non-hydrogen) atoms. The van der Waals surface area contributed by atoms with Crippen LogP contribution in [0, 0.1) is 11.8 Å². The summed E-state index contributed by atoms with van der Waals surface area (Å²) in [6.45, 7) is 4.71. The summed E-state index contributed by atoms with van der Waals surface area (Å²) in [6, 6.07) is 8.30. The van der Waals surface area contributed by atoms with E-state index in [9.17, 15) is 0 Å². The lowest BCUT2D eigenvalue weighted by molar-refractivity contribution is 0.129. The van der Waals surface area contributed by atoms with Crippen LogP contribution in [0.3, 0.4) is 0 Å². The van der Waals surface area contributed by atoms with Gasteiger partial charge in [0.2, 0.25) is 0 Å². The van der Waals surface area contributed by atoms with Crippen molar-refractivity contribution in [2.45, 2.75) is 13.0 Å². The van der Waals surface area contributed by atoms with E-state index >= 15 is 0 Å². The molecular formula is C17H26N2O2. The second kappa shape index (κ2) is 11.3. The first-order valence-corrected chi connectivity index (χ1v) is 7.28. The largest absolute Gasteiger partial charge is 0.385 e. The molecule has 0 saturated carbocycles. The molecule has 0 aliphatic carbocycles. The molecule has 0 aromatic heterocycles. The molecular weight excluding hydrogens is 264 g/mol. The third-order valence-electron chi connectivity index (χ3n) is 3.10. The van der Waals surface area contributed by atoms with Crippen molar-refractivity contribution in [2.75, 3.05) is 47.1 Å². The topological polar surface area (TPSA) is 47.7 Å². The zero-order valence-electron chi connectivity index (χ0n) is 13.1. The van der Waals surface area contributed by atoms with E-state index in [-0.39, 0.29) is 0 Å². The van der Waals surface area contributed by atoms with Gasteiger partial charge in [-0.05, 0) is 24.1 Å². The number of hydrogen-bond acceptors (Lipinski definition) is 4. The molecule has 0 amide bonds. The molecule has 0 bridgehead atoms. The molecule has 1 aromatic rings. The molecule has 0 fully saturated rings. The van der Waals surface area contributed by atoms with Crippen molar-refractivity contribution < 1.29 is 9.47 Å². The normalized spacial score (nSPS) is 10.5. The van der Waals surface area contributed by atoms with Gasteiger partial charge >= 0.3 is 0 Å². The Balaban J connectivity index is 2.63. The molecule has 1 rings (SSSR count). The summed E-state index contributed by atoms with van der Waals surface area (Å²) >= 11 is 0. The third-order valence-corrected chi connectivity index (χ3v) is 3.10. The SMILES string of the molecule is COCCCN(CCOC)Cc1cccc(C#CCN)c1. The minimum atomic E-state index is 0.390. The highest BCUT2D eigenvalue weighted by molar-refractivity contribution is 5.37. The van der Waals surface area contributed by atoms with E-state index in [2.05, 4.69) is 28.9 Å². The second-order valence-corrected chi connectivity index (χ2v) is 4.82. The van der Waals surface area contributed by atoms with E-state index in [1.165, 1.54) is 5.56 Å². The summed E-state index contributed by atoms with van der Waals surface area (Å²) in [4.78, 5) is 2.37. The Kier molecular flexibility index (Phi) is 9.51. The van der Waals surface area contributed by atoms with Crippen molar-refractivity contribution in [2.24, 2.45) is 5.73 Å². The maximum absolute atomic E-state index is 5.41. The van der Waals surface area contributed by atoms with Crippen molar-refractivity contribution in [3.8, 4) is 11.8 Å². The summed E-state index contributed by atoms with van der Waals surface area (Å²) in [7, 11) is 3.47. The molecule has 0 radical (unpaired) electrons. The average Bonchev–Trinajstić information content (AvgIpc) is 2.51. The molecule has 0 aliphatic rings. The monoisotopic (exact) mass is 290 g/mol. The molecule has 0 aliphatic heterocycles. The van der Waals surface area contributed by atoms with Gasteiger partial charge in [-0.25, -0.2) is 0 Å². The van der Waals surface area contributed by atoms with Crippen molar-refractivity contribution in [3.63, 3.8) is 0 Å². The lowest BCUT2D eigenvalue weighted by Gasteiger charge is -2.22. The molecule has 4 nitrogen and oxygen atoms in total. The number of nitrogens with zero attached hydrogens (tertiary/aromatic N) is 1. The fourth-order valence-corrected chi connectivity index (χ4v) is 2.08. The minimum Gasteiger partial charge on any atom is -0.385 e. The first-order chi connectivity index (χ1) is 10.3. The van der Waals surface area contributed by atoms with E-state index in [0.29, 0.717) is 6.54 Å². The van der Waals surface area contributed by atoms with Gasteiger partial charge in [0.1, 0.15) is 0 Å². The van der Waals surface area contributed by atoms with Crippen LogP contribution in [-0.4, -0.2) is 52.0 Å². The maximum Gasteiger partial charge on any atom is 0.0589 e. The van der Waals surface area contributed by atoms with Crippen molar-refractivity contribution in [1.82, 2.24) is 4.90 Å². The summed E-state index contributed by atoms with van der Waals surface area (Å²) in [5.74, 6) is 5.96. The van der Waals surface area contributed by atoms with Gasteiger partial charge in [-0.2, -0.15) is 0 Å². The predicted molar refractivity (Wildman–Crippen MR) is 86.0 cm³/mol. The summed E-state index contributed by atoms with van der Waals surface area (Å²) in [5, 5.41) is 0. The van der Waals surface area contributed by atoms with Gasteiger partial charge in [-0.1, -0.05) is 24.0 Å². The van der Waals surface area contributed by atoms with Crippen LogP contribution in [0.25, 0.3) is 0 Å². The Labute approximate surface area is 128 Å². The van der Waals surface area contributed by atoms with Gasteiger partial charge in [-0.15, -0.1) is 0 Å². The predicted octanol–water partition coefficient (Wildman–Crippen LogP) is 1.48. The first kappa shape index (κ1) is 17.7. The Morgan fingerprint density at radius 2 is 1.95 bits per heavy atom. The average molecular weight is 290 g/mol. The van der Waals surface area contributed by atoms with Crippen LogP contribution in [-0.2, 0) is 16.0 Å². The molecule has 116 valence electrons. The first-order valence-electron chi connectivity index (χ1n) is 7.28. The number of ether oxygens (including phenoxy) is 2. The third kappa shape index (κ3) is 7.84. The lowest BCUT2D eigenvalue weighted by Crippen LogP contribution is -2.28. The standard InChI is InChI=1S/C17H26N2O2/c1-20-12-5-10-19(11-13-21-2)15-17-7-3-6-16(14-17)8-4-9-18/h3,6-7,14H,5,9-13,15,18H2,1-2H3. The van der Waals surface area contributed by atoms with Gasteiger partial charge in [0, 0.05) is 46.0 Å². The van der Waals surface area contributed by atoms with Gasteiger partial charge in [0.15, 0.2) is 0 Å². The number of hydrogen-bond donors (Lipinski definition) is 1. The van der Waals surface area contributed by atoms with Crippen LogP contribution < -0.4 is 5.73 Å². The molecule has 4 heteroatoms. The van der Waals surface area contributed by atoms with Crippen LogP contribution in [0.2, 0.25) is 0 Å². The van der Waals surface area contributed by atoms with E-state index in [0.717, 1.165) is 44.8 Å². The molecule has 0 saturated heterocycles. The second-order valence-electron chi connectivity index (χ2n) is 4.82. The zero-order valence-corrected chi connectivity index (χ0v) is 13.1. The Morgan fingerprint density at radius 3 is 2.67 bits per heavy atom. The molecule has 0 heterocycles. The minimum absolute atomic E-state index is 0.390. The summed E-state index contributed by atoms with van der Waals surface area (Å²) in [6.07, 6.45) is 1.02. The molecule has 1 aromatic carbocycles. The van der Waals surface area contributed by atoms with Crippen LogP contribution in [0.4, 0.5) is 0 Å². The lowest BCUT2D eigenvalue weighted by atomic mass is 10.1. The van der Waals surface area contributed by atoms with Gasteiger partial charge in [0.25, 0.3) is 0 Å². The maximum atomic E-state index is 5.41. The summed E-state index contributed by atoms with van der Waals surface area (Å²) < 4.78 is 10.3. The quantitative estimate of drug-likeness (QED) is 0.553. The van der Waals surface area contributed by atoms with Crippen molar-refractivity contribution >= 4 is 0 Å². The Hall–Kier alpha value is -1.38. The van der Waals surface area contributed by atoms with Crippen molar-refractivity contribution in [3.05, 3.63) is 35.4 Å². The van der Waals surface area contributed by atoms with E-state index in [1.807, 2.05) is 12.1 Å². The van der Waals surface area contributed by atoms with Gasteiger partial charge in [-0.3, -0.25) is 4.90 Å². The Bertz CT molecular complexity index is 452. The number of rotatable bonds is 9. The highest BCUT2D eigenvalue weighted by Gasteiger charge is 2.06. The highest BCUT2D eigenvalue weighted by Crippen LogP contribution is 2.08. The van der Waals surface area contributed by atoms with E-state index < -0.39 is 0 Å². The molecule has 0 spiro atoms. The highest BCUT2D eigenvalue weighted by atomic mass is 16.5. The van der Waals surface area contributed by atoms with E-state index in [4.69, 9.17) is 15.2 Å². The molecule has 0 unspecified atom stereocenters. The van der Waals surface area contributed by atoms with Crippen LogP contribution in [0.1, 0.15) is 17.5 Å². The number of methoxy groups -OCH3 is 2. The van der Waals surface area contributed by atoms with Gasteiger partial charge < -0.3 is 15.2 Å². The van der Waals surface area contributed by atoms with Crippen LogP contribution in [0.5, 0.6) is 0 Å². The fourth-order valence-electron chi connectivity index (χ4n) is 2.08. The Morgan fingerprint density at radius 1 is 1.14 bits per heavy atom. The van der Waals surface area contributed by atoms with Crippen LogP contribution >= 0.6 is 0 Å². The molecule has 0 atom stereocenters.